The molecule has 3 aliphatic rings. The van der Waals surface area contributed by atoms with E-state index in [9.17, 15) is 4.79 Å². The van der Waals surface area contributed by atoms with E-state index in [1.165, 1.54) is 4.90 Å². The lowest BCUT2D eigenvalue weighted by molar-refractivity contribution is -0.121. The van der Waals surface area contributed by atoms with Crippen molar-refractivity contribution >= 4 is 17.8 Å². The molecule has 2 aromatic rings. The quantitative estimate of drug-likeness (QED) is 0.778. The number of likely N-dealkylation sites (N-methyl/N-ethyl adjacent to an activating group) is 1. The predicted molar refractivity (Wildman–Crippen MR) is 92.4 cm³/mol. The summed E-state index contributed by atoms with van der Waals surface area (Å²) in [6, 6.07) is 11.0. The lowest BCUT2D eigenvalue weighted by Crippen LogP contribution is -2.28. The summed E-state index contributed by atoms with van der Waals surface area (Å²) in [5.74, 6) is 3.11. The van der Waals surface area contributed by atoms with Gasteiger partial charge in [-0.25, -0.2) is 4.99 Å². The molecule has 0 atom stereocenters. The maximum absolute atomic E-state index is 12.6. The molecule has 0 fully saturated rings. The summed E-state index contributed by atoms with van der Waals surface area (Å²) in [6.07, 6.45) is 1.74. The maximum atomic E-state index is 12.6. The molecule has 5 rings (SSSR count). The zero-order valence-electron chi connectivity index (χ0n) is 13.9. The third-order valence-corrected chi connectivity index (χ3v) is 4.40. The van der Waals surface area contributed by atoms with Gasteiger partial charge in [0.15, 0.2) is 23.0 Å². The van der Waals surface area contributed by atoms with Crippen molar-refractivity contribution < 1.29 is 23.7 Å². The number of carbonyl (C=O) groups is 1. The number of aliphatic imine (C=N–C) groups is 1. The van der Waals surface area contributed by atoms with Crippen LogP contribution in [0.2, 0.25) is 0 Å². The van der Waals surface area contributed by atoms with Gasteiger partial charge in [-0.3, -0.25) is 9.69 Å². The van der Waals surface area contributed by atoms with Crippen LogP contribution in [0.1, 0.15) is 11.1 Å². The molecule has 0 aromatic heterocycles. The molecule has 0 saturated heterocycles. The highest BCUT2D eigenvalue weighted by molar-refractivity contribution is 6.19. The molecule has 0 bridgehead atoms. The summed E-state index contributed by atoms with van der Waals surface area (Å²) in [6.45, 7) is 0.415. The Morgan fingerprint density at radius 3 is 2.35 bits per heavy atom. The monoisotopic (exact) mass is 350 g/mol. The smallest absolute Gasteiger partial charge is 0.277 e. The second kappa shape index (κ2) is 5.52. The number of hydrogen-bond acceptors (Lipinski definition) is 6. The van der Waals surface area contributed by atoms with E-state index in [1.807, 2.05) is 36.4 Å². The normalized spacial score (nSPS) is 18.7. The van der Waals surface area contributed by atoms with Crippen LogP contribution in [0.15, 0.2) is 47.1 Å². The van der Waals surface area contributed by atoms with E-state index in [1.54, 1.807) is 13.1 Å². The molecule has 130 valence electrons. The molecule has 7 heteroatoms. The van der Waals surface area contributed by atoms with E-state index >= 15 is 0 Å². The van der Waals surface area contributed by atoms with Crippen molar-refractivity contribution in [2.75, 3.05) is 20.6 Å². The van der Waals surface area contributed by atoms with E-state index in [2.05, 4.69) is 4.99 Å². The molecule has 0 spiro atoms. The van der Waals surface area contributed by atoms with Crippen LogP contribution in [0.3, 0.4) is 0 Å². The molecule has 1 amide bonds. The zero-order chi connectivity index (χ0) is 17.7. The molecule has 2 aromatic carbocycles. The lowest BCUT2D eigenvalue weighted by Gasteiger charge is -2.11. The Morgan fingerprint density at radius 2 is 1.58 bits per heavy atom. The van der Waals surface area contributed by atoms with Crippen LogP contribution in [0.5, 0.6) is 23.0 Å². The number of ether oxygens (including phenoxy) is 4. The van der Waals surface area contributed by atoms with Crippen LogP contribution >= 0.6 is 0 Å². The molecule has 7 nitrogen and oxygen atoms in total. The number of rotatable bonds is 2. The van der Waals surface area contributed by atoms with Gasteiger partial charge in [0, 0.05) is 12.6 Å². The van der Waals surface area contributed by atoms with Gasteiger partial charge in [-0.1, -0.05) is 6.07 Å². The van der Waals surface area contributed by atoms with Crippen LogP contribution in [0.25, 0.3) is 6.08 Å². The number of fused-ring (bicyclic) bond motifs is 2. The number of carbonyl (C=O) groups excluding carboxylic acids is 1. The van der Waals surface area contributed by atoms with Crippen LogP contribution in [0, 0.1) is 0 Å². The average Bonchev–Trinajstić information content (AvgIpc) is 3.36. The number of amides is 1. The van der Waals surface area contributed by atoms with Crippen molar-refractivity contribution in [2.24, 2.45) is 4.99 Å². The largest absolute Gasteiger partial charge is 0.454 e. The van der Waals surface area contributed by atoms with Crippen LogP contribution < -0.4 is 18.9 Å². The summed E-state index contributed by atoms with van der Waals surface area (Å²) in [5, 5.41) is 0. The van der Waals surface area contributed by atoms with Crippen molar-refractivity contribution in [3.8, 4) is 23.0 Å². The first kappa shape index (κ1) is 14.8. The number of hydrogen-bond donors (Lipinski definition) is 0. The molecule has 0 saturated carbocycles. The highest BCUT2D eigenvalue weighted by Gasteiger charge is 2.29. The van der Waals surface area contributed by atoms with Crippen molar-refractivity contribution in [3.05, 3.63) is 53.2 Å². The molecular formula is C19H14N2O5. The minimum Gasteiger partial charge on any atom is -0.454 e. The fourth-order valence-electron chi connectivity index (χ4n) is 3.05. The fraction of sp³-hybridized carbons (Fsp3) is 0.158. The van der Waals surface area contributed by atoms with Gasteiger partial charge in [0.1, 0.15) is 11.5 Å². The first-order chi connectivity index (χ1) is 12.7. The Labute approximate surface area is 149 Å². The van der Waals surface area contributed by atoms with Crippen molar-refractivity contribution in [2.45, 2.75) is 0 Å². The van der Waals surface area contributed by atoms with Crippen molar-refractivity contribution in [1.29, 1.82) is 0 Å². The molecule has 3 heterocycles. The van der Waals surface area contributed by atoms with Gasteiger partial charge >= 0.3 is 0 Å². The molecular weight excluding hydrogens is 336 g/mol. The number of nitrogens with zero attached hydrogens (tertiary/aromatic N) is 2. The number of benzene rings is 2. The molecule has 0 N–H and O–H groups in total. The minimum absolute atomic E-state index is 0.171. The summed E-state index contributed by atoms with van der Waals surface area (Å²) < 4.78 is 21.4. The van der Waals surface area contributed by atoms with Gasteiger partial charge in [-0.2, -0.15) is 0 Å². The van der Waals surface area contributed by atoms with Gasteiger partial charge in [0.05, 0.1) is 0 Å². The van der Waals surface area contributed by atoms with Crippen LogP contribution in [-0.4, -0.2) is 37.3 Å². The fourth-order valence-corrected chi connectivity index (χ4v) is 3.05. The van der Waals surface area contributed by atoms with E-state index < -0.39 is 0 Å². The third-order valence-electron chi connectivity index (χ3n) is 4.40. The van der Waals surface area contributed by atoms with E-state index in [0.717, 1.165) is 11.1 Å². The molecule has 26 heavy (non-hydrogen) atoms. The topological polar surface area (TPSA) is 69.6 Å². The number of amidine groups is 1. The van der Waals surface area contributed by atoms with E-state index in [0.29, 0.717) is 34.5 Å². The highest BCUT2D eigenvalue weighted by Crippen LogP contribution is 2.35. The summed E-state index contributed by atoms with van der Waals surface area (Å²) in [7, 11) is 1.70. The zero-order valence-corrected chi connectivity index (χ0v) is 13.9. The van der Waals surface area contributed by atoms with Gasteiger partial charge in [-0.05, 0) is 42.0 Å². The van der Waals surface area contributed by atoms with Gasteiger partial charge in [0.25, 0.3) is 5.91 Å². The molecule has 0 radical (unpaired) electrons. The Balaban J connectivity index is 1.51. The van der Waals surface area contributed by atoms with Crippen LogP contribution in [0.4, 0.5) is 0 Å². The first-order valence-corrected chi connectivity index (χ1v) is 8.07. The standard InChI is InChI=1S/C19H14N2O5/c1-21-18(12-3-5-15-17(8-12)26-10-24-15)20-13(19(21)22)6-11-2-4-14-16(7-11)25-9-23-14/h2-8H,9-10H2,1H3/b13-6+. The predicted octanol–water partition coefficient (Wildman–Crippen LogP) is 2.40. The molecule has 3 aliphatic heterocycles. The van der Waals surface area contributed by atoms with Crippen LogP contribution in [-0.2, 0) is 4.79 Å². The Bertz CT molecular complexity index is 995. The Hall–Kier alpha value is -3.48. The van der Waals surface area contributed by atoms with Gasteiger partial charge in [0.2, 0.25) is 13.6 Å². The molecule has 0 aliphatic carbocycles. The van der Waals surface area contributed by atoms with Gasteiger partial charge < -0.3 is 18.9 Å². The third kappa shape index (κ3) is 2.28. The first-order valence-electron chi connectivity index (χ1n) is 8.07. The summed E-state index contributed by atoms with van der Waals surface area (Å²) in [5.41, 5.74) is 1.97. The minimum atomic E-state index is -0.171. The summed E-state index contributed by atoms with van der Waals surface area (Å²) in [4.78, 5) is 18.6. The highest BCUT2D eigenvalue weighted by atomic mass is 16.7. The average molecular weight is 350 g/mol. The lowest BCUT2D eigenvalue weighted by atomic mass is 10.1. The maximum Gasteiger partial charge on any atom is 0.277 e. The summed E-state index contributed by atoms with van der Waals surface area (Å²) >= 11 is 0. The van der Waals surface area contributed by atoms with Crippen molar-refractivity contribution in [1.82, 2.24) is 4.90 Å². The second-order valence-electron chi connectivity index (χ2n) is 6.01. The SMILES string of the molecule is CN1C(=O)/C(=C\c2ccc3c(c2)OCO3)N=C1c1ccc2c(c1)OCO2. The van der Waals surface area contributed by atoms with Gasteiger partial charge in [-0.15, -0.1) is 0 Å². The molecule has 0 unspecified atom stereocenters. The second-order valence-corrected chi connectivity index (χ2v) is 6.01. The van der Waals surface area contributed by atoms with Crippen molar-refractivity contribution in [3.63, 3.8) is 0 Å². The Morgan fingerprint density at radius 1 is 0.923 bits per heavy atom. The van der Waals surface area contributed by atoms with E-state index in [4.69, 9.17) is 18.9 Å². The Kier molecular flexibility index (Phi) is 3.15. The van der Waals surface area contributed by atoms with E-state index in [-0.39, 0.29) is 19.5 Å².